The van der Waals surface area contributed by atoms with Crippen LogP contribution >= 0.6 is 0 Å². The van der Waals surface area contributed by atoms with Crippen LogP contribution in [0.25, 0.3) is 0 Å². The molecule has 82 valence electrons. The van der Waals surface area contributed by atoms with Gasteiger partial charge in [0.25, 0.3) is 0 Å². The molecule has 0 aliphatic heterocycles. The van der Waals surface area contributed by atoms with Gasteiger partial charge in [0.2, 0.25) is 0 Å². The summed E-state index contributed by atoms with van der Waals surface area (Å²) in [6.45, 7) is 8.00. The first-order valence-electron chi connectivity index (χ1n) is 4.90. The fourth-order valence-corrected chi connectivity index (χ4v) is 0.777. The van der Waals surface area contributed by atoms with Crippen LogP contribution in [0.5, 0.6) is 0 Å². The zero-order chi connectivity index (χ0) is 10.8. The van der Waals surface area contributed by atoms with Gasteiger partial charge in [0.15, 0.2) is 0 Å². The number of amides is 2. The number of nitrogens with zero attached hydrogens (tertiary/aromatic N) is 1. The normalized spacial score (nSPS) is 9.57. The van der Waals surface area contributed by atoms with Gasteiger partial charge in [-0.05, 0) is 13.3 Å². The molecule has 0 aromatic heterocycles. The van der Waals surface area contributed by atoms with Crippen LogP contribution in [0.2, 0.25) is 0 Å². The molecular weight excluding hydrogens is 180 g/mol. The van der Waals surface area contributed by atoms with Gasteiger partial charge in [-0.1, -0.05) is 6.08 Å². The minimum absolute atomic E-state index is 0.0557. The van der Waals surface area contributed by atoms with E-state index in [9.17, 15) is 4.79 Å². The summed E-state index contributed by atoms with van der Waals surface area (Å²) in [7, 11) is 1.76. The van der Waals surface area contributed by atoms with Crippen molar-refractivity contribution in [2.24, 2.45) is 0 Å². The highest BCUT2D eigenvalue weighted by Gasteiger charge is 2.03. The third kappa shape index (κ3) is 6.48. The highest BCUT2D eigenvalue weighted by atomic mass is 16.5. The molecule has 0 atom stereocenters. The number of rotatable bonds is 7. The van der Waals surface area contributed by atoms with Gasteiger partial charge in [-0.25, -0.2) is 4.79 Å². The first-order valence-corrected chi connectivity index (χ1v) is 4.90. The Balaban J connectivity index is 3.27. The van der Waals surface area contributed by atoms with Crippen molar-refractivity contribution < 1.29 is 9.53 Å². The third-order valence-electron chi connectivity index (χ3n) is 1.81. The van der Waals surface area contributed by atoms with E-state index in [2.05, 4.69) is 11.9 Å². The molecule has 0 spiro atoms. The molecule has 4 heteroatoms. The van der Waals surface area contributed by atoms with Crippen molar-refractivity contribution in [3.05, 3.63) is 12.7 Å². The Kier molecular flexibility index (Phi) is 7.93. The van der Waals surface area contributed by atoms with Crippen LogP contribution in [0.1, 0.15) is 13.3 Å². The maximum absolute atomic E-state index is 11.2. The van der Waals surface area contributed by atoms with Crippen LogP contribution in [-0.4, -0.2) is 44.3 Å². The number of nitrogens with one attached hydrogen (secondary N) is 1. The zero-order valence-corrected chi connectivity index (χ0v) is 9.08. The number of carbonyl (C=O) groups is 1. The highest BCUT2D eigenvalue weighted by molar-refractivity contribution is 5.73. The van der Waals surface area contributed by atoms with Gasteiger partial charge in [0.05, 0.1) is 13.2 Å². The molecule has 0 aliphatic carbocycles. The maximum atomic E-state index is 11.2. The second kappa shape index (κ2) is 8.56. The molecule has 0 aliphatic rings. The van der Waals surface area contributed by atoms with Gasteiger partial charge < -0.3 is 15.0 Å². The maximum Gasteiger partial charge on any atom is 0.317 e. The Bertz CT molecular complexity index is 172. The number of hydrogen-bond acceptors (Lipinski definition) is 2. The molecule has 14 heavy (non-hydrogen) atoms. The van der Waals surface area contributed by atoms with Gasteiger partial charge in [-0.3, -0.25) is 0 Å². The minimum atomic E-state index is -0.0557. The van der Waals surface area contributed by atoms with Crippen LogP contribution < -0.4 is 5.32 Å². The van der Waals surface area contributed by atoms with E-state index < -0.39 is 0 Å². The number of hydrogen-bond donors (Lipinski definition) is 1. The van der Waals surface area contributed by atoms with Crippen molar-refractivity contribution in [1.82, 2.24) is 10.2 Å². The predicted molar refractivity (Wildman–Crippen MR) is 57.3 cm³/mol. The van der Waals surface area contributed by atoms with Crippen molar-refractivity contribution >= 4 is 6.03 Å². The first-order chi connectivity index (χ1) is 6.72. The summed E-state index contributed by atoms with van der Waals surface area (Å²) >= 11 is 0. The summed E-state index contributed by atoms with van der Waals surface area (Å²) in [4.78, 5) is 12.8. The Hall–Kier alpha value is -1.03. The van der Waals surface area contributed by atoms with E-state index in [1.165, 1.54) is 0 Å². The SMILES string of the molecule is C=CCCOCCNC(=O)N(C)CC. The summed E-state index contributed by atoms with van der Waals surface area (Å²) in [5, 5.41) is 2.75. The lowest BCUT2D eigenvalue weighted by atomic mass is 10.4. The lowest BCUT2D eigenvalue weighted by Crippen LogP contribution is -2.38. The van der Waals surface area contributed by atoms with E-state index in [0.717, 1.165) is 6.42 Å². The summed E-state index contributed by atoms with van der Waals surface area (Å²) in [5.74, 6) is 0. The zero-order valence-electron chi connectivity index (χ0n) is 9.08. The topological polar surface area (TPSA) is 41.6 Å². The molecule has 0 unspecified atom stereocenters. The molecule has 0 saturated carbocycles. The standard InChI is InChI=1S/C10H20N2O2/c1-4-6-8-14-9-7-11-10(13)12(3)5-2/h4H,1,5-9H2,2-3H3,(H,11,13). The van der Waals surface area contributed by atoms with Crippen molar-refractivity contribution in [1.29, 1.82) is 0 Å². The summed E-state index contributed by atoms with van der Waals surface area (Å²) in [6.07, 6.45) is 2.66. The molecule has 0 aromatic carbocycles. The van der Waals surface area contributed by atoms with Gasteiger partial charge in [0.1, 0.15) is 0 Å². The molecular formula is C10H20N2O2. The largest absolute Gasteiger partial charge is 0.379 e. The van der Waals surface area contributed by atoms with Crippen LogP contribution in [0.4, 0.5) is 4.79 Å². The second-order valence-corrected chi connectivity index (χ2v) is 2.94. The quantitative estimate of drug-likeness (QED) is 0.496. The van der Waals surface area contributed by atoms with E-state index in [4.69, 9.17) is 4.74 Å². The summed E-state index contributed by atoms with van der Waals surface area (Å²) < 4.78 is 5.23. The molecule has 0 heterocycles. The van der Waals surface area contributed by atoms with Gasteiger partial charge in [-0.2, -0.15) is 0 Å². The lowest BCUT2D eigenvalue weighted by molar-refractivity contribution is 0.139. The van der Waals surface area contributed by atoms with Crippen LogP contribution in [-0.2, 0) is 4.74 Å². The molecule has 1 N–H and O–H groups in total. The number of ether oxygens (including phenoxy) is 1. The smallest absolute Gasteiger partial charge is 0.317 e. The molecule has 0 aromatic rings. The molecule has 0 fully saturated rings. The Morgan fingerprint density at radius 1 is 1.57 bits per heavy atom. The van der Waals surface area contributed by atoms with Crippen molar-refractivity contribution in [3.8, 4) is 0 Å². The van der Waals surface area contributed by atoms with E-state index >= 15 is 0 Å². The average Bonchev–Trinajstić information content (AvgIpc) is 2.21. The fraction of sp³-hybridized carbons (Fsp3) is 0.700. The molecule has 0 bridgehead atoms. The van der Waals surface area contributed by atoms with E-state index in [1.54, 1.807) is 11.9 Å². The first kappa shape index (κ1) is 13.0. The van der Waals surface area contributed by atoms with E-state index in [1.807, 2.05) is 13.0 Å². The number of carbonyl (C=O) groups excluding carboxylic acids is 1. The monoisotopic (exact) mass is 200 g/mol. The van der Waals surface area contributed by atoms with Crippen LogP contribution in [0.15, 0.2) is 12.7 Å². The van der Waals surface area contributed by atoms with Gasteiger partial charge >= 0.3 is 6.03 Å². The van der Waals surface area contributed by atoms with Gasteiger partial charge in [0, 0.05) is 20.1 Å². The molecule has 2 amide bonds. The molecule has 0 radical (unpaired) electrons. The Labute approximate surface area is 85.9 Å². The highest BCUT2D eigenvalue weighted by Crippen LogP contribution is 1.84. The van der Waals surface area contributed by atoms with E-state index in [-0.39, 0.29) is 6.03 Å². The molecule has 0 rings (SSSR count). The Morgan fingerprint density at radius 2 is 2.29 bits per heavy atom. The van der Waals surface area contributed by atoms with Crippen LogP contribution in [0.3, 0.4) is 0 Å². The average molecular weight is 200 g/mol. The lowest BCUT2D eigenvalue weighted by Gasteiger charge is -2.15. The molecule has 4 nitrogen and oxygen atoms in total. The van der Waals surface area contributed by atoms with Crippen molar-refractivity contribution in [3.63, 3.8) is 0 Å². The molecule has 0 saturated heterocycles. The number of urea groups is 1. The van der Waals surface area contributed by atoms with E-state index in [0.29, 0.717) is 26.3 Å². The minimum Gasteiger partial charge on any atom is -0.379 e. The predicted octanol–water partition coefficient (Wildman–Crippen LogP) is 1.24. The Morgan fingerprint density at radius 3 is 2.86 bits per heavy atom. The van der Waals surface area contributed by atoms with Crippen LogP contribution in [0, 0.1) is 0 Å². The van der Waals surface area contributed by atoms with Crippen molar-refractivity contribution in [2.45, 2.75) is 13.3 Å². The second-order valence-electron chi connectivity index (χ2n) is 2.94. The fourth-order valence-electron chi connectivity index (χ4n) is 0.777. The van der Waals surface area contributed by atoms with Crippen molar-refractivity contribution in [2.75, 3.05) is 33.4 Å². The summed E-state index contributed by atoms with van der Waals surface area (Å²) in [6, 6.07) is -0.0557. The third-order valence-corrected chi connectivity index (χ3v) is 1.81. The summed E-state index contributed by atoms with van der Waals surface area (Å²) in [5.41, 5.74) is 0. The van der Waals surface area contributed by atoms with Gasteiger partial charge in [-0.15, -0.1) is 6.58 Å².